The summed E-state index contributed by atoms with van der Waals surface area (Å²) in [6, 6.07) is 5.15. The van der Waals surface area contributed by atoms with E-state index in [2.05, 4.69) is 10.3 Å². The van der Waals surface area contributed by atoms with Crippen molar-refractivity contribution in [1.82, 2.24) is 15.1 Å². The zero-order valence-corrected chi connectivity index (χ0v) is 17.9. The van der Waals surface area contributed by atoms with Crippen LogP contribution in [0.4, 0.5) is 17.6 Å². The molecule has 0 radical (unpaired) electrons. The van der Waals surface area contributed by atoms with Crippen LogP contribution in [0.25, 0.3) is 0 Å². The molecule has 1 heterocycles. The second kappa shape index (κ2) is 11.0. The lowest BCUT2D eigenvalue weighted by Crippen LogP contribution is -2.56. The summed E-state index contributed by atoms with van der Waals surface area (Å²) in [5.74, 6) is 0.422. The number of piperazine rings is 1. The number of rotatable bonds is 5. The molecule has 9 heteroatoms. The van der Waals surface area contributed by atoms with E-state index in [-0.39, 0.29) is 29.8 Å². The van der Waals surface area contributed by atoms with Gasteiger partial charge in [0.25, 0.3) is 0 Å². The maximum Gasteiger partial charge on any atom is 0.403 e. The molecule has 154 valence electrons. The number of nitrogens with zero attached hydrogens (tertiary/aromatic N) is 3. The molecular formula is C18H27F4IN4. The second-order valence-corrected chi connectivity index (χ2v) is 6.32. The van der Waals surface area contributed by atoms with Gasteiger partial charge in [0.15, 0.2) is 5.96 Å². The molecule has 1 aliphatic heterocycles. The highest BCUT2D eigenvalue weighted by atomic mass is 127. The highest BCUT2D eigenvalue weighted by molar-refractivity contribution is 14.0. The van der Waals surface area contributed by atoms with Crippen molar-refractivity contribution >= 4 is 29.9 Å². The second-order valence-electron chi connectivity index (χ2n) is 6.32. The maximum absolute atomic E-state index is 13.7. The van der Waals surface area contributed by atoms with Gasteiger partial charge in [-0.05, 0) is 31.9 Å². The monoisotopic (exact) mass is 502 g/mol. The number of benzene rings is 1. The highest BCUT2D eigenvalue weighted by Crippen LogP contribution is 2.25. The van der Waals surface area contributed by atoms with Crippen molar-refractivity contribution in [2.45, 2.75) is 32.5 Å². The lowest BCUT2D eigenvalue weighted by molar-refractivity contribution is -0.181. The van der Waals surface area contributed by atoms with Crippen molar-refractivity contribution in [3.05, 3.63) is 35.6 Å². The van der Waals surface area contributed by atoms with Crippen LogP contribution in [0.1, 0.15) is 19.4 Å². The van der Waals surface area contributed by atoms with Gasteiger partial charge in [-0.2, -0.15) is 13.2 Å². The Labute approximate surface area is 175 Å². The predicted molar refractivity (Wildman–Crippen MR) is 110 cm³/mol. The van der Waals surface area contributed by atoms with Gasteiger partial charge in [0.1, 0.15) is 11.9 Å². The molecule has 1 saturated heterocycles. The number of aliphatic imine (C=N–C) groups is 1. The molecule has 1 N–H and O–H groups in total. The van der Waals surface area contributed by atoms with E-state index in [1.807, 2.05) is 11.8 Å². The van der Waals surface area contributed by atoms with E-state index in [9.17, 15) is 17.6 Å². The Hall–Kier alpha value is -1.10. The molecule has 1 aromatic rings. The Morgan fingerprint density at radius 1 is 1.19 bits per heavy atom. The van der Waals surface area contributed by atoms with Crippen LogP contribution in [0.5, 0.6) is 0 Å². The fourth-order valence-electron chi connectivity index (χ4n) is 2.94. The zero-order valence-electron chi connectivity index (χ0n) is 15.6. The number of nitrogens with one attached hydrogen (secondary N) is 1. The van der Waals surface area contributed by atoms with E-state index in [1.54, 1.807) is 18.2 Å². The standard InChI is InChI=1S/C18H26F4N4.HI/c1-3-23-17(24-9-8-15-6-4-5-7-16(15)19)26-12-10-25(11-13-26)14(2)18(20,21)22;/h4-7,14H,3,8-13H2,1-2H3,(H,23,24);1H. The molecule has 1 unspecified atom stereocenters. The van der Waals surface area contributed by atoms with Crippen LogP contribution in [0, 0.1) is 5.82 Å². The number of alkyl halides is 3. The summed E-state index contributed by atoms with van der Waals surface area (Å²) in [5, 5.41) is 3.17. The van der Waals surface area contributed by atoms with Crippen molar-refractivity contribution in [2.24, 2.45) is 4.99 Å². The normalized spacial score (nSPS) is 17.4. The van der Waals surface area contributed by atoms with Gasteiger partial charge in [0, 0.05) is 39.3 Å². The number of hydrogen-bond acceptors (Lipinski definition) is 2. The summed E-state index contributed by atoms with van der Waals surface area (Å²) < 4.78 is 52.2. The fourth-order valence-corrected chi connectivity index (χ4v) is 2.94. The number of halogens is 5. The Balaban J connectivity index is 0.00000364. The van der Waals surface area contributed by atoms with Crippen molar-refractivity contribution in [3.8, 4) is 0 Å². The zero-order chi connectivity index (χ0) is 19.2. The van der Waals surface area contributed by atoms with Crippen molar-refractivity contribution < 1.29 is 17.6 Å². The molecule has 1 atom stereocenters. The predicted octanol–water partition coefficient (Wildman–Crippen LogP) is 3.52. The van der Waals surface area contributed by atoms with Crippen molar-refractivity contribution in [3.63, 3.8) is 0 Å². The Morgan fingerprint density at radius 2 is 1.81 bits per heavy atom. The molecule has 1 aliphatic rings. The average Bonchev–Trinajstić information content (AvgIpc) is 2.61. The molecule has 0 aliphatic carbocycles. The van der Waals surface area contributed by atoms with Gasteiger partial charge in [-0.1, -0.05) is 18.2 Å². The SMILES string of the molecule is CCNC(=NCCc1ccccc1F)N1CCN(C(C)C(F)(F)F)CC1.I. The molecule has 0 bridgehead atoms. The molecule has 2 rings (SSSR count). The van der Waals surface area contributed by atoms with Gasteiger partial charge in [-0.25, -0.2) is 4.39 Å². The molecule has 0 spiro atoms. The van der Waals surface area contributed by atoms with E-state index in [0.717, 1.165) is 0 Å². The third-order valence-electron chi connectivity index (χ3n) is 4.57. The fraction of sp³-hybridized carbons (Fsp3) is 0.611. The largest absolute Gasteiger partial charge is 0.403 e. The summed E-state index contributed by atoms with van der Waals surface area (Å²) >= 11 is 0. The summed E-state index contributed by atoms with van der Waals surface area (Å²) in [6.45, 7) is 5.84. The van der Waals surface area contributed by atoms with E-state index in [4.69, 9.17) is 0 Å². The highest BCUT2D eigenvalue weighted by Gasteiger charge is 2.41. The minimum atomic E-state index is -4.21. The maximum atomic E-state index is 13.7. The van der Waals surface area contributed by atoms with Crippen molar-refractivity contribution in [1.29, 1.82) is 0 Å². The molecule has 1 aromatic carbocycles. The minimum absolute atomic E-state index is 0. The van der Waals surface area contributed by atoms with E-state index >= 15 is 0 Å². The van der Waals surface area contributed by atoms with Gasteiger partial charge in [0.05, 0.1) is 0 Å². The van der Waals surface area contributed by atoms with E-state index < -0.39 is 12.2 Å². The van der Waals surface area contributed by atoms with Gasteiger partial charge in [0.2, 0.25) is 0 Å². The van der Waals surface area contributed by atoms with E-state index in [0.29, 0.717) is 57.2 Å². The van der Waals surface area contributed by atoms with Crippen LogP contribution >= 0.6 is 24.0 Å². The van der Waals surface area contributed by atoms with Gasteiger partial charge < -0.3 is 10.2 Å². The molecular weight excluding hydrogens is 475 g/mol. The molecule has 1 fully saturated rings. The number of guanidine groups is 1. The quantitative estimate of drug-likeness (QED) is 0.290. The summed E-state index contributed by atoms with van der Waals surface area (Å²) in [6.07, 6.45) is -3.73. The Morgan fingerprint density at radius 3 is 2.37 bits per heavy atom. The first-order chi connectivity index (χ1) is 12.3. The lowest BCUT2D eigenvalue weighted by Gasteiger charge is -2.39. The first kappa shape index (κ1) is 23.9. The Kier molecular flexibility index (Phi) is 9.78. The summed E-state index contributed by atoms with van der Waals surface area (Å²) in [4.78, 5) is 7.92. The van der Waals surface area contributed by atoms with Crippen LogP contribution in [-0.2, 0) is 6.42 Å². The third kappa shape index (κ3) is 7.10. The first-order valence-corrected chi connectivity index (χ1v) is 8.90. The smallest absolute Gasteiger partial charge is 0.357 e. The van der Waals surface area contributed by atoms with Crippen LogP contribution in [0.3, 0.4) is 0 Å². The third-order valence-corrected chi connectivity index (χ3v) is 4.57. The van der Waals surface area contributed by atoms with Gasteiger partial charge in [-0.15, -0.1) is 24.0 Å². The molecule has 27 heavy (non-hydrogen) atoms. The van der Waals surface area contributed by atoms with Gasteiger partial charge >= 0.3 is 6.18 Å². The molecule has 4 nitrogen and oxygen atoms in total. The van der Waals surface area contributed by atoms with Crippen LogP contribution in [-0.4, -0.2) is 67.2 Å². The topological polar surface area (TPSA) is 30.9 Å². The number of hydrogen-bond donors (Lipinski definition) is 1. The average molecular weight is 502 g/mol. The molecule has 0 saturated carbocycles. The van der Waals surface area contributed by atoms with Crippen LogP contribution in [0.2, 0.25) is 0 Å². The van der Waals surface area contributed by atoms with Crippen LogP contribution in [0.15, 0.2) is 29.3 Å². The molecule has 0 aromatic heterocycles. The summed E-state index contributed by atoms with van der Waals surface area (Å²) in [7, 11) is 0. The Bertz CT molecular complexity index is 601. The first-order valence-electron chi connectivity index (χ1n) is 8.90. The minimum Gasteiger partial charge on any atom is -0.357 e. The van der Waals surface area contributed by atoms with Gasteiger partial charge in [-0.3, -0.25) is 9.89 Å². The van der Waals surface area contributed by atoms with E-state index in [1.165, 1.54) is 17.9 Å². The van der Waals surface area contributed by atoms with Crippen LogP contribution < -0.4 is 5.32 Å². The molecule has 0 amide bonds. The van der Waals surface area contributed by atoms with Crippen molar-refractivity contribution in [2.75, 3.05) is 39.3 Å². The lowest BCUT2D eigenvalue weighted by atomic mass is 10.1. The summed E-state index contributed by atoms with van der Waals surface area (Å²) in [5.41, 5.74) is 0.607.